The van der Waals surface area contributed by atoms with Gasteiger partial charge in [-0.3, -0.25) is 0 Å². The van der Waals surface area contributed by atoms with Crippen LogP contribution in [0.15, 0.2) is 84.1 Å². The SMILES string of the molecule is C=C1CC2C(CCc3cc(C)c4c(oc5nc(C)ccc54)c3-c3cc(C(C)C)cc[n+]31)c1ccccc1-c1cc(C(C)C)c([Si](C)(C)C)c[n+]12. The molecular formula is C45H51N3OSi+2. The minimum Gasteiger partial charge on any atom is -0.437 e. The third-order valence-corrected chi connectivity index (χ3v) is 13.5. The lowest BCUT2D eigenvalue weighted by Gasteiger charge is -2.33. The fourth-order valence-corrected chi connectivity index (χ4v) is 10.6. The third kappa shape index (κ3) is 5.19. The molecule has 0 aliphatic carbocycles. The number of furan rings is 1. The molecule has 8 rings (SSSR count). The minimum absolute atomic E-state index is 0.249. The summed E-state index contributed by atoms with van der Waals surface area (Å²) in [7, 11) is -1.64. The Morgan fingerprint density at radius 3 is 2.44 bits per heavy atom. The number of hydrogen-bond donors (Lipinski definition) is 0. The molecule has 2 aromatic carbocycles. The van der Waals surface area contributed by atoms with Crippen molar-refractivity contribution >= 4 is 41.0 Å². The number of rotatable bonds is 3. The quantitative estimate of drug-likeness (QED) is 0.138. The van der Waals surface area contributed by atoms with E-state index in [9.17, 15) is 0 Å². The van der Waals surface area contributed by atoms with Crippen LogP contribution in [0.4, 0.5) is 0 Å². The Balaban J connectivity index is 1.41. The first-order valence-corrected chi connectivity index (χ1v) is 22.1. The molecule has 2 unspecified atom stereocenters. The van der Waals surface area contributed by atoms with Gasteiger partial charge in [-0.2, -0.15) is 9.13 Å². The Bertz CT molecular complexity index is 2360. The summed E-state index contributed by atoms with van der Waals surface area (Å²) in [5.74, 6) is 1.20. The van der Waals surface area contributed by atoms with Crippen molar-refractivity contribution in [3.8, 4) is 22.5 Å². The van der Waals surface area contributed by atoms with Crippen molar-refractivity contribution < 1.29 is 13.6 Å². The normalized spacial score (nSPS) is 17.5. The van der Waals surface area contributed by atoms with Crippen LogP contribution >= 0.6 is 0 Å². The van der Waals surface area contributed by atoms with Gasteiger partial charge in [-0.25, -0.2) is 4.98 Å². The lowest BCUT2D eigenvalue weighted by molar-refractivity contribution is -0.719. The van der Waals surface area contributed by atoms with Crippen LogP contribution in [0.2, 0.25) is 19.6 Å². The maximum atomic E-state index is 6.80. The summed E-state index contributed by atoms with van der Waals surface area (Å²) < 4.78 is 11.8. The standard InChI is InChI=1S/C45H51N3OSi/c1-26(2)31-19-20-47-30(7)22-38-35(33-13-11-12-14-34(33)39-24-37(27(3)4)41(25-48(38)39)50(8,9)10)18-16-32-21-28(5)42-36-17-15-29(6)46-45(36)49-44(42)43(32)40(47)23-31/h11-15,17,19-21,23-27,35,38H,7,16,18,22H2,1-6,8-10H3/q+2. The molecule has 0 spiro atoms. The number of pyridine rings is 3. The summed E-state index contributed by atoms with van der Waals surface area (Å²) in [5, 5.41) is 3.83. The number of nitrogens with zero attached hydrogens (tertiary/aromatic N) is 3. The molecule has 2 atom stereocenters. The highest BCUT2D eigenvalue weighted by molar-refractivity contribution is 6.89. The van der Waals surface area contributed by atoms with Crippen molar-refractivity contribution in [1.82, 2.24) is 4.98 Å². The summed E-state index contributed by atoms with van der Waals surface area (Å²) in [4.78, 5) is 4.85. The van der Waals surface area contributed by atoms with E-state index in [2.05, 4.69) is 136 Å². The van der Waals surface area contributed by atoms with E-state index in [-0.39, 0.29) is 6.04 Å². The van der Waals surface area contributed by atoms with Crippen molar-refractivity contribution in [2.45, 2.75) is 104 Å². The van der Waals surface area contributed by atoms with E-state index < -0.39 is 8.07 Å². The second-order valence-electron chi connectivity index (χ2n) is 16.6. The highest BCUT2D eigenvalue weighted by Gasteiger charge is 2.44. The van der Waals surface area contributed by atoms with E-state index in [1.165, 1.54) is 50.0 Å². The predicted octanol–water partition coefficient (Wildman–Crippen LogP) is 10.4. The van der Waals surface area contributed by atoms with E-state index in [1.54, 1.807) is 5.19 Å². The Morgan fingerprint density at radius 2 is 1.70 bits per heavy atom. The van der Waals surface area contributed by atoms with Gasteiger partial charge in [0.25, 0.3) is 0 Å². The Labute approximate surface area is 298 Å². The molecular weight excluding hydrogens is 627 g/mol. The lowest BCUT2D eigenvalue weighted by Crippen LogP contribution is -2.54. The largest absolute Gasteiger partial charge is 0.437 e. The van der Waals surface area contributed by atoms with Crippen molar-refractivity contribution in [2.24, 2.45) is 0 Å². The number of benzene rings is 2. The van der Waals surface area contributed by atoms with E-state index in [1.807, 2.05) is 6.92 Å². The molecule has 6 aromatic rings. The van der Waals surface area contributed by atoms with Gasteiger partial charge in [-0.15, -0.1) is 0 Å². The smallest absolute Gasteiger partial charge is 0.227 e. The first-order valence-electron chi connectivity index (χ1n) is 18.6. The van der Waals surface area contributed by atoms with E-state index >= 15 is 0 Å². The number of aryl methyl sites for hydroxylation is 3. The highest BCUT2D eigenvalue weighted by Crippen LogP contribution is 2.46. The average molecular weight is 678 g/mol. The Kier molecular flexibility index (Phi) is 7.79. The molecule has 0 radical (unpaired) electrons. The molecule has 0 amide bonds. The van der Waals surface area contributed by atoms with Gasteiger partial charge < -0.3 is 4.42 Å². The van der Waals surface area contributed by atoms with Crippen LogP contribution in [0.5, 0.6) is 0 Å². The molecule has 0 saturated carbocycles. The fraction of sp³-hybridized carbons (Fsp3) is 0.356. The Morgan fingerprint density at radius 1 is 0.920 bits per heavy atom. The molecule has 2 aliphatic heterocycles. The van der Waals surface area contributed by atoms with Crippen molar-refractivity contribution in [3.05, 3.63) is 113 Å². The summed E-state index contributed by atoms with van der Waals surface area (Å²) >= 11 is 0. The van der Waals surface area contributed by atoms with Crippen LogP contribution in [0.1, 0.15) is 97.8 Å². The highest BCUT2D eigenvalue weighted by atomic mass is 28.3. The molecule has 6 heterocycles. The summed E-state index contributed by atoms with van der Waals surface area (Å²) in [5.41, 5.74) is 15.7. The molecule has 0 N–H and O–H groups in total. The number of aromatic nitrogens is 3. The van der Waals surface area contributed by atoms with Crippen molar-refractivity contribution in [1.29, 1.82) is 0 Å². The van der Waals surface area contributed by atoms with Gasteiger partial charge in [0.1, 0.15) is 0 Å². The summed E-state index contributed by atoms with van der Waals surface area (Å²) in [6.07, 6.45) is 7.68. The minimum atomic E-state index is -1.64. The molecule has 254 valence electrons. The number of allylic oxidation sites excluding steroid dienone is 1. The van der Waals surface area contributed by atoms with Crippen LogP contribution in [0, 0.1) is 13.8 Å². The van der Waals surface area contributed by atoms with Gasteiger partial charge in [0, 0.05) is 51.3 Å². The second-order valence-corrected chi connectivity index (χ2v) is 21.7. The van der Waals surface area contributed by atoms with Gasteiger partial charge >= 0.3 is 0 Å². The molecule has 0 bridgehead atoms. The molecule has 2 aliphatic rings. The zero-order chi connectivity index (χ0) is 35.2. The zero-order valence-corrected chi connectivity index (χ0v) is 32.3. The topological polar surface area (TPSA) is 33.8 Å². The van der Waals surface area contributed by atoms with Crippen LogP contribution in [0.3, 0.4) is 0 Å². The lowest BCUT2D eigenvalue weighted by atomic mass is 9.77. The first-order chi connectivity index (χ1) is 23.8. The summed E-state index contributed by atoms with van der Waals surface area (Å²) in [6, 6.07) is 23.4. The molecule has 5 heteroatoms. The van der Waals surface area contributed by atoms with Crippen molar-refractivity contribution in [2.75, 3.05) is 0 Å². The molecule has 50 heavy (non-hydrogen) atoms. The second kappa shape index (κ2) is 11.9. The monoisotopic (exact) mass is 677 g/mol. The van der Waals surface area contributed by atoms with Crippen molar-refractivity contribution in [3.63, 3.8) is 0 Å². The number of hydrogen-bond acceptors (Lipinski definition) is 2. The zero-order valence-electron chi connectivity index (χ0n) is 31.3. The summed E-state index contributed by atoms with van der Waals surface area (Å²) in [6.45, 7) is 25.9. The van der Waals surface area contributed by atoms with Gasteiger partial charge in [0.05, 0.1) is 20.1 Å². The van der Waals surface area contributed by atoms with E-state index in [4.69, 9.17) is 16.0 Å². The maximum Gasteiger partial charge on any atom is 0.227 e. The van der Waals surface area contributed by atoms with Crippen LogP contribution in [-0.2, 0) is 6.42 Å². The fourth-order valence-electron chi connectivity index (χ4n) is 8.88. The first kappa shape index (κ1) is 32.8. The van der Waals surface area contributed by atoms with Crippen LogP contribution in [-0.4, -0.2) is 13.1 Å². The average Bonchev–Trinajstić information content (AvgIpc) is 3.45. The van der Waals surface area contributed by atoms with Gasteiger partial charge in [0.15, 0.2) is 29.7 Å². The molecule has 4 nitrogen and oxygen atoms in total. The third-order valence-electron chi connectivity index (χ3n) is 11.5. The van der Waals surface area contributed by atoms with E-state index in [0.717, 1.165) is 47.3 Å². The molecule has 0 saturated heterocycles. The van der Waals surface area contributed by atoms with Gasteiger partial charge in [-0.1, -0.05) is 71.6 Å². The maximum absolute atomic E-state index is 6.80. The number of fused-ring (bicyclic) bond motifs is 13. The van der Waals surface area contributed by atoms with Gasteiger partial charge in [-0.05, 0) is 91.1 Å². The Hall–Kier alpha value is -4.35. The molecule has 0 fully saturated rings. The van der Waals surface area contributed by atoms with E-state index in [0.29, 0.717) is 23.5 Å². The predicted molar refractivity (Wildman–Crippen MR) is 210 cm³/mol. The van der Waals surface area contributed by atoms with Crippen LogP contribution < -0.4 is 14.3 Å². The van der Waals surface area contributed by atoms with Crippen LogP contribution in [0.25, 0.3) is 50.3 Å². The van der Waals surface area contributed by atoms with Gasteiger partial charge in [0.2, 0.25) is 17.1 Å². The molecule has 4 aromatic heterocycles.